The van der Waals surface area contributed by atoms with Crippen molar-refractivity contribution in [1.29, 1.82) is 0 Å². The van der Waals surface area contributed by atoms with E-state index < -0.39 is 23.3 Å². The van der Waals surface area contributed by atoms with E-state index in [1.165, 1.54) is 24.3 Å². The van der Waals surface area contributed by atoms with Crippen molar-refractivity contribution in [3.63, 3.8) is 0 Å². The Morgan fingerprint density at radius 1 is 0.905 bits per heavy atom. The molecule has 0 atom stereocenters. The van der Waals surface area contributed by atoms with Crippen LogP contribution in [-0.2, 0) is 6.18 Å². The largest absolute Gasteiger partial charge is 0.416 e. The fourth-order valence-corrected chi connectivity index (χ4v) is 1.54. The first-order valence-corrected chi connectivity index (χ1v) is 5.85. The number of benzene rings is 2. The average Bonchev–Trinajstić information content (AvgIpc) is 2.45. The molecular formula is C16H8F4O. The second-order valence-corrected chi connectivity index (χ2v) is 4.16. The maximum Gasteiger partial charge on any atom is 0.416 e. The number of hydrogen-bond acceptors (Lipinski definition) is 1. The molecule has 0 radical (unpaired) electrons. The van der Waals surface area contributed by atoms with Gasteiger partial charge in [0.15, 0.2) is 0 Å². The van der Waals surface area contributed by atoms with Gasteiger partial charge in [0.1, 0.15) is 5.82 Å². The molecular weight excluding hydrogens is 284 g/mol. The Labute approximate surface area is 118 Å². The predicted octanol–water partition coefficient (Wildman–Crippen LogP) is 4.08. The lowest BCUT2D eigenvalue weighted by molar-refractivity contribution is -0.137. The first-order chi connectivity index (χ1) is 9.86. The first kappa shape index (κ1) is 14.8. The quantitative estimate of drug-likeness (QED) is 0.440. The zero-order valence-electron chi connectivity index (χ0n) is 10.5. The Morgan fingerprint density at radius 3 is 2.00 bits per heavy atom. The van der Waals surface area contributed by atoms with E-state index in [4.69, 9.17) is 0 Å². The summed E-state index contributed by atoms with van der Waals surface area (Å²) in [5.74, 6) is 3.80. The third-order valence-electron chi connectivity index (χ3n) is 2.64. The van der Waals surface area contributed by atoms with Crippen LogP contribution in [0.1, 0.15) is 21.5 Å². The van der Waals surface area contributed by atoms with Crippen molar-refractivity contribution >= 4 is 5.78 Å². The molecule has 5 heteroatoms. The van der Waals surface area contributed by atoms with Crippen LogP contribution in [0, 0.1) is 17.7 Å². The highest BCUT2D eigenvalue weighted by atomic mass is 19.4. The van der Waals surface area contributed by atoms with Gasteiger partial charge in [-0.15, -0.1) is 0 Å². The molecule has 0 aromatic heterocycles. The van der Waals surface area contributed by atoms with Crippen LogP contribution in [-0.4, -0.2) is 5.78 Å². The molecule has 106 valence electrons. The molecule has 2 aromatic rings. The van der Waals surface area contributed by atoms with Gasteiger partial charge in [0, 0.05) is 11.1 Å². The van der Waals surface area contributed by atoms with Gasteiger partial charge >= 0.3 is 6.18 Å². The summed E-state index contributed by atoms with van der Waals surface area (Å²) in [6, 6.07) is 9.01. The molecule has 0 aliphatic carbocycles. The lowest BCUT2D eigenvalue weighted by Crippen LogP contribution is -2.05. The number of carbonyl (C=O) groups excluding carboxylic acids is 1. The van der Waals surface area contributed by atoms with E-state index in [1.807, 2.05) is 0 Å². The van der Waals surface area contributed by atoms with Crippen LogP contribution in [0.15, 0.2) is 48.5 Å². The Bertz CT molecular complexity index is 701. The SMILES string of the molecule is O=C(C#Cc1ccc(F)cc1)c1ccc(C(F)(F)F)cc1. The predicted molar refractivity (Wildman–Crippen MR) is 69.1 cm³/mol. The van der Waals surface area contributed by atoms with Crippen molar-refractivity contribution in [3.8, 4) is 11.8 Å². The number of hydrogen-bond donors (Lipinski definition) is 0. The highest BCUT2D eigenvalue weighted by molar-refractivity contribution is 6.09. The summed E-state index contributed by atoms with van der Waals surface area (Å²) in [6.07, 6.45) is -4.44. The highest BCUT2D eigenvalue weighted by Crippen LogP contribution is 2.29. The van der Waals surface area contributed by atoms with Gasteiger partial charge < -0.3 is 0 Å². The van der Waals surface area contributed by atoms with Crippen molar-refractivity contribution < 1.29 is 22.4 Å². The van der Waals surface area contributed by atoms with Crippen molar-refractivity contribution in [2.45, 2.75) is 6.18 Å². The Hall–Kier alpha value is -2.61. The number of halogens is 4. The van der Waals surface area contributed by atoms with Crippen molar-refractivity contribution in [2.24, 2.45) is 0 Å². The molecule has 0 unspecified atom stereocenters. The second-order valence-electron chi connectivity index (χ2n) is 4.16. The molecule has 0 aliphatic rings. The van der Waals surface area contributed by atoms with Crippen molar-refractivity contribution in [2.75, 3.05) is 0 Å². The summed E-state index contributed by atoms with van der Waals surface area (Å²) in [6.45, 7) is 0. The topological polar surface area (TPSA) is 17.1 Å². The second kappa shape index (κ2) is 5.80. The molecule has 2 rings (SSSR count). The van der Waals surface area contributed by atoms with E-state index in [0.29, 0.717) is 5.56 Å². The molecule has 0 heterocycles. The van der Waals surface area contributed by atoms with Gasteiger partial charge in [-0.25, -0.2) is 4.39 Å². The van der Waals surface area contributed by atoms with Crippen LogP contribution < -0.4 is 0 Å². The number of ketones is 1. The summed E-state index contributed by atoms with van der Waals surface area (Å²) in [7, 11) is 0. The molecule has 0 amide bonds. The van der Waals surface area contributed by atoms with Gasteiger partial charge in [0.25, 0.3) is 0 Å². The molecule has 1 nitrogen and oxygen atoms in total. The molecule has 0 bridgehead atoms. The lowest BCUT2D eigenvalue weighted by atomic mass is 10.1. The molecule has 21 heavy (non-hydrogen) atoms. The molecule has 0 N–H and O–H groups in total. The summed E-state index contributed by atoms with van der Waals surface area (Å²) in [5, 5.41) is 0. The van der Waals surface area contributed by atoms with E-state index in [2.05, 4.69) is 11.8 Å². The van der Waals surface area contributed by atoms with Crippen LogP contribution >= 0.6 is 0 Å². The van der Waals surface area contributed by atoms with Crippen LogP contribution in [0.3, 0.4) is 0 Å². The van der Waals surface area contributed by atoms with Gasteiger partial charge in [0.05, 0.1) is 5.56 Å². The summed E-state index contributed by atoms with van der Waals surface area (Å²) in [4.78, 5) is 11.7. The number of carbonyl (C=O) groups is 1. The maximum atomic E-state index is 12.7. The zero-order chi connectivity index (χ0) is 15.5. The Morgan fingerprint density at radius 2 is 1.48 bits per heavy atom. The lowest BCUT2D eigenvalue weighted by Gasteiger charge is -2.05. The third-order valence-corrected chi connectivity index (χ3v) is 2.64. The van der Waals surface area contributed by atoms with Gasteiger partial charge in [0.2, 0.25) is 5.78 Å². The minimum Gasteiger partial charge on any atom is -0.279 e. The average molecular weight is 292 g/mol. The third kappa shape index (κ3) is 3.93. The smallest absolute Gasteiger partial charge is 0.279 e. The van der Waals surface area contributed by atoms with Gasteiger partial charge in [-0.3, -0.25) is 4.79 Å². The van der Waals surface area contributed by atoms with E-state index in [0.717, 1.165) is 24.3 Å². The van der Waals surface area contributed by atoms with Crippen molar-refractivity contribution in [3.05, 3.63) is 71.0 Å². The van der Waals surface area contributed by atoms with E-state index >= 15 is 0 Å². The van der Waals surface area contributed by atoms with Crippen LogP contribution in [0.2, 0.25) is 0 Å². The summed E-state index contributed by atoms with van der Waals surface area (Å²) < 4.78 is 49.8. The molecule has 0 saturated carbocycles. The standard InChI is InChI=1S/C16H8F4O/c17-14-8-1-11(2-9-14)3-10-15(21)12-4-6-13(7-5-12)16(18,19)20/h1-2,4-9H. The van der Waals surface area contributed by atoms with E-state index in [-0.39, 0.29) is 5.56 Å². The van der Waals surface area contributed by atoms with Crippen LogP contribution in [0.5, 0.6) is 0 Å². The monoisotopic (exact) mass is 292 g/mol. The number of Topliss-reactive ketones (excluding diaryl/α,β-unsaturated/α-hetero) is 1. The first-order valence-electron chi connectivity index (χ1n) is 5.85. The fourth-order valence-electron chi connectivity index (χ4n) is 1.54. The number of alkyl halides is 3. The normalized spacial score (nSPS) is 10.7. The number of rotatable bonds is 1. The fraction of sp³-hybridized carbons (Fsp3) is 0.0625. The van der Waals surface area contributed by atoms with Crippen LogP contribution in [0.4, 0.5) is 17.6 Å². The van der Waals surface area contributed by atoms with Gasteiger partial charge in [-0.2, -0.15) is 13.2 Å². The van der Waals surface area contributed by atoms with Crippen molar-refractivity contribution in [1.82, 2.24) is 0 Å². The minimum absolute atomic E-state index is 0.0672. The Kier molecular flexibility index (Phi) is 4.08. The summed E-state index contributed by atoms with van der Waals surface area (Å²) >= 11 is 0. The molecule has 0 aliphatic heterocycles. The zero-order valence-corrected chi connectivity index (χ0v) is 10.5. The Balaban J connectivity index is 2.16. The van der Waals surface area contributed by atoms with E-state index in [9.17, 15) is 22.4 Å². The van der Waals surface area contributed by atoms with Crippen LogP contribution in [0.25, 0.3) is 0 Å². The molecule has 0 spiro atoms. The molecule has 2 aromatic carbocycles. The van der Waals surface area contributed by atoms with E-state index in [1.54, 1.807) is 0 Å². The molecule has 0 fully saturated rings. The molecule has 0 saturated heterocycles. The highest BCUT2D eigenvalue weighted by Gasteiger charge is 2.30. The van der Waals surface area contributed by atoms with Gasteiger partial charge in [-0.1, -0.05) is 5.92 Å². The maximum absolute atomic E-state index is 12.7. The summed E-state index contributed by atoms with van der Waals surface area (Å²) in [5.41, 5.74) is -0.320. The van der Waals surface area contributed by atoms with Gasteiger partial charge in [-0.05, 0) is 54.5 Å². The minimum atomic E-state index is -4.44.